The van der Waals surface area contributed by atoms with Gasteiger partial charge in [-0.25, -0.2) is 8.78 Å². The highest BCUT2D eigenvalue weighted by Crippen LogP contribution is 2.22. The Kier molecular flexibility index (Phi) is 4.35. The van der Waals surface area contributed by atoms with Crippen molar-refractivity contribution in [2.45, 2.75) is 31.3 Å². The van der Waals surface area contributed by atoms with E-state index in [0.29, 0.717) is 26.1 Å². The second kappa shape index (κ2) is 5.85. The highest BCUT2D eigenvalue weighted by Gasteiger charge is 2.36. The number of carbonyl (C=O) groups is 1. The maximum atomic E-state index is 13.6. The van der Waals surface area contributed by atoms with Gasteiger partial charge < -0.3 is 15.8 Å². The van der Waals surface area contributed by atoms with Gasteiger partial charge in [0.2, 0.25) is 5.91 Å². The van der Waals surface area contributed by atoms with Crippen LogP contribution in [-0.2, 0) is 9.53 Å². The van der Waals surface area contributed by atoms with Crippen LogP contribution in [0, 0.1) is 11.6 Å². The molecule has 0 aromatic heterocycles. The van der Waals surface area contributed by atoms with E-state index in [0.717, 1.165) is 12.1 Å². The molecule has 20 heavy (non-hydrogen) atoms. The van der Waals surface area contributed by atoms with Crippen LogP contribution < -0.4 is 11.1 Å². The van der Waals surface area contributed by atoms with Crippen molar-refractivity contribution < 1.29 is 18.3 Å². The Balaban J connectivity index is 2.07. The van der Waals surface area contributed by atoms with E-state index in [9.17, 15) is 13.6 Å². The van der Waals surface area contributed by atoms with E-state index < -0.39 is 23.2 Å². The Morgan fingerprint density at radius 3 is 2.65 bits per heavy atom. The van der Waals surface area contributed by atoms with Crippen molar-refractivity contribution in [2.75, 3.05) is 13.2 Å². The number of nitrogens with one attached hydrogen (secondary N) is 1. The summed E-state index contributed by atoms with van der Waals surface area (Å²) in [6.45, 7) is 2.50. The third-order valence-corrected chi connectivity index (χ3v) is 3.61. The fourth-order valence-corrected chi connectivity index (χ4v) is 2.23. The summed E-state index contributed by atoms with van der Waals surface area (Å²) in [4.78, 5) is 12.2. The molecule has 6 heteroatoms. The molecule has 110 valence electrons. The molecule has 1 heterocycles. The molecule has 1 saturated heterocycles. The number of nitrogens with two attached hydrogens (primary N) is 1. The van der Waals surface area contributed by atoms with Gasteiger partial charge in [-0.1, -0.05) is 6.07 Å². The van der Waals surface area contributed by atoms with Crippen molar-refractivity contribution in [1.82, 2.24) is 5.32 Å². The summed E-state index contributed by atoms with van der Waals surface area (Å²) in [5.41, 5.74) is 5.29. The number of amides is 1. The summed E-state index contributed by atoms with van der Waals surface area (Å²) >= 11 is 0. The van der Waals surface area contributed by atoms with Crippen molar-refractivity contribution in [3.05, 3.63) is 35.4 Å². The maximum absolute atomic E-state index is 13.6. The molecule has 0 aliphatic carbocycles. The number of hydrogen-bond donors (Lipinski definition) is 2. The number of halogens is 2. The van der Waals surface area contributed by atoms with Gasteiger partial charge in [-0.05, 0) is 25.8 Å². The summed E-state index contributed by atoms with van der Waals surface area (Å²) in [7, 11) is 0. The van der Waals surface area contributed by atoms with Gasteiger partial charge in [0.15, 0.2) is 0 Å². The van der Waals surface area contributed by atoms with Crippen LogP contribution >= 0.6 is 0 Å². The molecular weight excluding hydrogens is 266 g/mol. The first-order valence-corrected chi connectivity index (χ1v) is 6.55. The van der Waals surface area contributed by atoms with Crippen molar-refractivity contribution in [1.29, 1.82) is 0 Å². The van der Waals surface area contributed by atoms with Crippen LogP contribution in [-0.4, -0.2) is 24.7 Å². The Labute approximate surface area is 116 Å². The zero-order valence-electron chi connectivity index (χ0n) is 11.3. The van der Waals surface area contributed by atoms with Gasteiger partial charge in [-0.3, -0.25) is 4.79 Å². The molecule has 1 aromatic carbocycles. The zero-order chi connectivity index (χ0) is 14.8. The molecule has 4 nitrogen and oxygen atoms in total. The standard InChI is InChI=1S/C14H18F2N2O2/c1-9(11-3-2-10(15)8-12(11)16)18-13(19)14(17)4-6-20-7-5-14/h2-3,8-9H,4-7,17H2,1H3,(H,18,19)/t9-/m1/s1. The fourth-order valence-electron chi connectivity index (χ4n) is 2.23. The molecule has 0 spiro atoms. The van der Waals surface area contributed by atoms with E-state index in [1.54, 1.807) is 6.92 Å². The molecule has 1 amide bonds. The lowest BCUT2D eigenvalue weighted by molar-refractivity contribution is -0.130. The highest BCUT2D eigenvalue weighted by molar-refractivity contribution is 5.86. The third kappa shape index (κ3) is 3.13. The number of benzene rings is 1. The molecule has 2 rings (SSSR count). The van der Waals surface area contributed by atoms with E-state index in [2.05, 4.69) is 5.32 Å². The van der Waals surface area contributed by atoms with Crippen LogP contribution in [0.25, 0.3) is 0 Å². The average molecular weight is 284 g/mol. The number of rotatable bonds is 3. The summed E-state index contributed by atoms with van der Waals surface area (Å²) in [5.74, 6) is -1.67. The molecule has 1 aliphatic heterocycles. The quantitative estimate of drug-likeness (QED) is 0.887. The summed E-state index contributed by atoms with van der Waals surface area (Å²) in [6.07, 6.45) is 0.856. The molecule has 1 atom stereocenters. The van der Waals surface area contributed by atoms with Gasteiger partial charge in [0.05, 0.1) is 11.6 Å². The lowest BCUT2D eigenvalue weighted by Gasteiger charge is -2.33. The minimum Gasteiger partial charge on any atom is -0.381 e. The highest BCUT2D eigenvalue weighted by atomic mass is 19.1. The van der Waals surface area contributed by atoms with Crippen LogP contribution in [0.2, 0.25) is 0 Å². The molecule has 1 fully saturated rings. The Bertz CT molecular complexity index is 502. The van der Waals surface area contributed by atoms with E-state index in [-0.39, 0.29) is 11.5 Å². The summed E-state index contributed by atoms with van der Waals surface area (Å²) < 4.78 is 31.7. The second-order valence-corrected chi connectivity index (χ2v) is 5.13. The molecular formula is C14H18F2N2O2. The first-order valence-electron chi connectivity index (χ1n) is 6.55. The molecule has 0 radical (unpaired) electrons. The summed E-state index contributed by atoms with van der Waals surface area (Å²) in [5, 5.41) is 2.68. The lowest BCUT2D eigenvalue weighted by atomic mass is 9.90. The number of hydrogen-bond acceptors (Lipinski definition) is 3. The third-order valence-electron chi connectivity index (χ3n) is 3.61. The van der Waals surface area contributed by atoms with Gasteiger partial charge >= 0.3 is 0 Å². The second-order valence-electron chi connectivity index (χ2n) is 5.13. The predicted octanol–water partition coefficient (Wildman–Crippen LogP) is 1.65. The maximum Gasteiger partial charge on any atom is 0.240 e. The van der Waals surface area contributed by atoms with E-state index >= 15 is 0 Å². The van der Waals surface area contributed by atoms with Crippen molar-refractivity contribution in [3.8, 4) is 0 Å². The van der Waals surface area contributed by atoms with E-state index in [4.69, 9.17) is 10.5 Å². The predicted molar refractivity (Wildman–Crippen MR) is 69.9 cm³/mol. The SMILES string of the molecule is C[C@@H](NC(=O)C1(N)CCOCC1)c1ccc(F)cc1F. The molecule has 0 saturated carbocycles. The van der Waals surface area contributed by atoms with Crippen LogP contribution in [0.1, 0.15) is 31.4 Å². The Hall–Kier alpha value is -1.53. The van der Waals surface area contributed by atoms with Crippen molar-refractivity contribution in [2.24, 2.45) is 5.73 Å². The molecule has 0 bridgehead atoms. The number of carbonyl (C=O) groups excluding carboxylic acids is 1. The fraction of sp³-hybridized carbons (Fsp3) is 0.500. The molecule has 3 N–H and O–H groups in total. The molecule has 1 aromatic rings. The van der Waals surface area contributed by atoms with Gasteiger partial charge in [-0.2, -0.15) is 0 Å². The number of ether oxygens (including phenoxy) is 1. The van der Waals surface area contributed by atoms with E-state index in [1.165, 1.54) is 6.07 Å². The zero-order valence-corrected chi connectivity index (χ0v) is 11.3. The monoisotopic (exact) mass is 284 g/mol. The normalized spacial score (nSPS) is 19.4. The van der Waals surface area contributed by atoms with Gasteiger partial charge in [0, 0.05) is 24.8 Å². The Morgan fingerprint density at radius 2 is 2.05 bits per heavy atom. The van der Waals surface area contributed by atoms with Crippen molar-refractivity contribution >= 4 is 5.91 Å². The van der Waals surface area contributed by atoms with Crippen LogP contribution in [0.4, 0.5) is 8.78 Å². The van der Waals surface area contributed by atoms with Crippen molar-refractivity contribution in [3.63, 3.8) is 0 Å². The van der Waals surface area contributed by atoms with Crippen LogP contribution in [0.5, 0.6) is 0 Å². The van der Waals surface area contributed by atoms with E-state index in [1.807, 2.05) is 0 Å². The smallest absolute Gasteiger partial charge is 0.240 e. The average Bonchev–Trinajstić information content (AvgIpc) is 2.39. The first kappa shape index (κ1) is 14.9. The van der Waals surface area contributed by atoms with Gasteiger partial charge in [0.1, 0.15) is 11.6 Å². The van der Waals surface area contributed by atoms with Crippen LogP contribution in [0.3, 0.4) is 0 Å². The first-order chi connectivity index (χ1) is 9.42. The largest absolute Gasteiger partial charge is 0.381 e. The minimum absolute atomic E-state index is 0.232. The molecule has 0 unspecified atom stereocenters. The van der Waals surface area contributed by atoms with Gasteiger partial charge in [-0.15, -0.1) is 0 Å². The Morgan fingerprint density at radius 1 is 1.40 bits per heavy atom. The minimum atomic E-state index is -0.983. The van der Waals surface area contributed by atoms with Gasteiger partial charge in [0.25, 0.3) is 0 Å². The lowest BCUT2D eigenvalue weighted by Crippen LogP contribution is -2.57. The summed E-state index contributed by atoms with van der Waals surface area (Å²) in [6, 6.07) is 2.70. The molecule has 1 aliphatic rings. The van der Waals surface area contributed by atoms with Crippen LogP contribution in [0.15, 0.2) is 18.2 Å². The topological polar surface area (TPSA) is 64.4 Å².